The second-order valence-electron chi connectivity index (χ2n) is 8.93. The first-order valence-electron chi connectivity index (χ1n) is 10.0. The smallest absolute Gasteiger partial charge is 0.154 e. The fourth-order valence-corrected chi connectivity index (χ4v) is 7.41. The van der Waals surface area contributed by atoms with Crippen molar-refractivity contribution < 1.29 is 14.3 Å². The summed E-state index contributed by atoms with van der Waals surface area (Å²) in [5.74, 6) is -1.36. The second-order valence-corrected chi connectivity index (χ2v) is 11.2. The van der Waals surface area contributed by atoms with E-state index in [4.69, 9.17) is 27.9 Å². The highest BCUT2D eigenvalue weighted by molar-refractivity contribution is 7.20. The van der Waals surface area contributed by atoms with Gasteiger partial charge >= 0.3 is 0 Å². The van der Waals surface area contributed by atoms with Gasteiger partial charge in [-0.1, -0.05) is 42.3 Å². The number of rotatable bonds is 3. The number of fused-ring (bicyclic) bond motifs is 5. The van der Waals surface area contributed by atoms with Crippen molar-refractivity contribution in [1.29, 1.82) is 0 Å². The molecule has 0 N–H and O–H groups in total. The highest BCUT2D eigenvalue weighted by Gasteiger charge is 2.72. The van der Waals surface area contributed by atoms with Gasteiger partial charge in [0.2, 0.25) is 0 Å². The van der Waals surface area contributed by atoms with Crippen LogP contribution >= 0.6 is 34.5 Å². The van der Waals surface area contributed by atoms with Crippen LogP contribution in [0.4, 0.5) is 0 Å². The van der Waals surface area contributed by atoms with Gasteiger partial charge in [0.05, 0.1) is 27.4 Å². The SMILES string of the molecule is CCc1ccc(-c2cc(Cl)sc2Cl)cc1C1C(=O)[C@@H]2[C@H](C1=O)[C@@]1(C)CC[C@]2(C)O1. The topological polar surface area (TPSA) is 43.4 Å². The van der Waals surface area contributed by atoms with E-state index >= 15 is 0 Å². The van der Waals surface area contributed by atoms with E-state index < -0.39 is 17.1 Å². The van der Waals surface area contributed by atoms with Crippen LogP contribution in [0.3, 0.4) is 0 Å². The third-order valence-electron chi connectivity index (χ3n) is 7.22. The summed E-state index contributed by atoms with van der Waals surface area (Å²) in [6.45, 7) is 6.05. The molecule has 5 rings (SSSR count). The molecule has 2 bridgehead atoms. The number of carbonyl (C=O) groups is 2. The molecule has 3 heterocycles. The zero-order valence-electron chi connectivity index (χ0n) is 16.6. The molecule has 152 valence electrons. The molecule has 1 aromatic carbocycles. The molecule has 2 aliphatic heterocycles. The van der Waals surface area contributed by atoms with Crippen LogP contribution in [0.25, 0.3) is 11.1 Å². The van der Waals surface area contributed by atoms with Crippen molar-refractivity contribution in [3.05, 3.63) is 44.1 Å². The number of benzene rings is 1. The maximum atomic E-state index is 13.6. The molecule has 2 saturated heterocycles. The molecule has 3 nitrogen and oxygen atoms in total. The van der Waals surface area contributed by atoms with E-state index in [1.165, 1.54) is 11.3 Å². The Labute approximate surface area is 184 Å². The van der Waals surface area contributed by atoms with Crippen LogP contribution in [-0.2, 0) is 20.7 Å². The molecular formula is C23H22Cl2O3S. The van der Waals surface area contributed by atoms with Crippen LogP contribution in [0.15, 0.2) is 24.3 Å². The largest absolute Gasteiger partial charge is 0.368 e. The number of hydrogen-bond donors (Lipinski definition) is 0. The van der Waals surface area contributed by atoms with Crippen molar-refractivity contribution in [2.24, 2.45) is 11.8 Å². The quantitative estimate of drug-likeness (QED) is 0.533. The summed E-state index contributed by atoms with van der Waals surface area (Å²) in [6.07, 6.45) is 2.42. The standard InChI is InChI=1S/C23H22Cl2O3S/c1-4-11-5-6-12(14-10-15(24)29-21(14)25)9-13(11)16-19(26)17-18(20(16)27)23(3)8-7-22(17,2)28-23/h5-6,9-10,16-18H,4,7-8H2,1-3H3/t16?,17-,18+,22-,23+. The van der Waals surface area contributed by atoms with Crippen molar-refractivity contribution in [3.63, 3.8) is 0 Å². The lowest BCUT2D eigenvalue weighted by molar-refractivity contribution is -0.132. The minimum Gasteiger partial charge on any atom is -0.368 e. The van der Waals surface area contributed by atoms with Crippen molar-refractivity contribution in [2.75, 3.05) is 0 Å². The maximum Gasteiger partial charge on any atom is 0.154 e. The predicted octanol–water partition coefficient (Wildman–Crippen LogP) is 6.09. The molecule has 6 heteroatoms. The number of thiophene rings is 1. The molecule has 2 aromatic rings. The van der Waals surface area contributed by atoms with Crippen molar-refractivity contribution in [3.8, 4) is 11.1 Å². The van der Waals surface area contributed by atoms with E-state index in [9.17, 15) is 9.59 Å². The molecule has 5 atom stereocenters. The highest BCUT2D eigenvalue weighted by Crippen LogP contribution is 2.63. The van der Waals surface area contributed by atoms with Gasteiger partial charge < -0.3 is 4.74 Å². The minimum atomic E-state index is -0.714. The van der Waals surface area contributed by atoms with Gasteiger partial charge in [-0.15, -0.1) is 11.3 Å². The molecule has 29 heavy (non-hydrogen) atoms. The molecule has 1 unspecified atom stereocenters. The number of hydrogen-bond acceptors (Lipinski definition) is 4. The fraction of sp³-hybridized carbons (Fsp3) is 0.478. The van der Waals surface area contributed by atoms with Gasteiger partial charge in [0, 0.05) is 5.56 Å². The molecular weight excluding hydrogens is 427 g/mol. The average Bonchev–Trinajstić information content (AvgIpc) is 3.33. The lowest BCUT2D eigenvalue weighted by Gasteiger charge is -2.28. The van der Waals surface area contributed by atoms with Gasteiger partial charge in [0.1, 0.15) is 10.3 Å². The van der Waals surface area contributed by atoms with Gasteiger partial charge in [-0.2, -0.15) is 0 Å². The number of ketones is 2. The summed E-state index contributed by atoms with van der Waals surface area (Å²) in [7, 11) is 0. The number of ether oxygens (including phenoxy) is 1. The average molecular weight is 449 g/mol. The van der Waals surface area contributed by atoms with E-state index in [0.717, 1.165) is 41.5 Å². The molecule has 0 radical (unpaired) electrons. The van der Waals surface area contributed by atoms with Crippen LogP contribution in [-0.4, -0.2) is 22.8 Å². The zero-order chi connectivity index (χ0) is 20.7. The van der Waals surface area contributed by atoms with E-state index in [1.54, 1.807) is 0 Å². The molecule has 3 fully saturated rings. The fourth-order valence-electron chi connectivity index (χ4n) is 5.90. The Hall–Kier alpha value is -1.20. The van der Waals surface area contributed by atoms with Gasteiger partial charge in [-0.25, -0.2) is 0 Å². The summed E-state index contributed by atoms with van der Waals surface area (Å²) < 4.78 is 7.46. The first-order valence-corrected chi connectivity index (χ1v) is 11.6. The normalized spacial score (nSPS) is 35.6. The van der Waals surface area contributed by atoms with Crippen molar-refractivity contribution in [2.45, 2.75) is 57.2 Å². The Balaban J connectivity index is 1.63. The first-order chi connectivity index (χ1) is 13.7. The third-order valence-corrected chi connectivity index (χ3v) is 8.71. The summed E-state index contributed by atoms with van der Waals surface area (Å²) in [5.41, 5.74) is 2.54. The number of carbonyl (C=O) groups excluding carboxylic acids is 2. The van der Waals surface area contributed by atoms with Gasteiger partial charge in [-0.05, 0) is 61.9 Å². The van der Waals surface area contributed by atoms with Gasteiger partial charge in [-0.3, -0.25) is 9.59 Å². The Bertz CT molecular complexity index is 1030. The Morgan fingerprint density at radius 2 is 1.69 bits per heavy atom. The van der Waals surface area contributed by atoms with E-state index in [2.05, 4.69) is 0 Å². The van der Waals surface area contributed by atoms with Crippen LogP contribution in [0.2, 0.25) is 8.67 Å². The summed E-state index contributed by atoms with van der Waals surface area (Å²) in [5, 5.41) is 0. The summed E-state index contributed by atoms with van der Waals surface area (Å²) in [4.78, 5) is 27.2. The van der Waals surface area contributed by atoms with E-state index in [-0.39, 0.29) is 23.4 Å². The van der Waals surface area contributed by atoms with Crippen molar-refractivity contribution in [1.82, 2.24) is 0 Å². The number of aryl methyl sites for hydroxylation is 1. The molecule has 1 aromatic heterocycles. The lowest BCUT2D eigenvalue weighted by atomic mass is 9.69. The first kappa shape index (κ1) is 19.7. The zero-order valence-corrected chi connectivity index (χ0v) is 18.9. The van der Waals surface area contributed by atoms with Crippen LogP contribution in [0.1, 0.15) is 50.7 Å². The van der Waals surface area contributed by atoms with E-state index in [0.29, 0.717) is 8.67 Å². The molecule has 1 saturated carbocycles. The second kappa shape index (κ2) is 6.40. The minimum absolute atomic E-state index is 0.0206. The third kappa shape index (κ3) is 2.65. The number of halogens is 2. The molecule has 3 aliphatic rings. The van der Waals surface area contributed by atoms with Crippen LogP contribution in [0.5, 0.6) is 0 Å². The van der Waals surface area contributed by atoms with E-state index in [1.807, 2.05) is 45.0 Å². The molecule has 1 aliphatic carbocycles. The molecule has 0 spiro atoms. The van der Waals surface area contributed by atoms with Crippen LogP contribution < -0.4 is 0 Å². The maximum absolute atomic E-state index is 13.6. The Morgan fingerprint density at radius 3 is 2.21 bits per heavy atom. The molecule has 0 amide bonds. The van der Waals surface area contributed by atoms with Crippen LogP contribution in [0, 0.1) is 11.8 Å². The lowest BCUT2D eigenvalue weighted by Crippen LogP contribution is -2.40. The summed E-state index contributed by atoms with van der Waals surface area (Å²) >= 11 is 13.8. The Morgan fingerprint density at radius 1 is 1.07 bits per heavy atom. The predicted molar refractivity (Wildman–Crippen MR) is 116 cm³/mol. The van der Waals surface area contributed by atoms with Crippen molar-refractivity contribution >= 4 is 46.1 Å². The number of Topliss-reactive ketones (excluding diaryl/α,β-unsaturated/α-hetero) is 2. The Kier molecular flexibility index (Phi) is 4.36. The monoisotopic (exact) mass is 448 g/mol. The summed E-state index contributed by atoms with van der Waals surface area (Å²) in [6, 6.07) is 7.81. The van der Waals surface area contributed by atoms with Gasteiger partial charge in [0.15, 0.2) is 11.6 Å². The highest BCUT2D eigenvalue weighted by atomic mass is 35.5. The van der Waals surface area contributed by atoms with Gasteiger partial charge in [0.25, 0.3) is 0 Å².